The average molecular weight is 372 g/mol. The van der Waals surface area contributed by atoms with Crippen molar-refractivity contribution < 1.29 is 5.11 Å². The lowest BCUT2D eigenvalue weighted by atomic mass is 10.2. The van der Waals surface area contributed by atoms with E-state index in [4.69, 9.17) is 0 Å². The van der Waals surface area contributed by atoms with Gasteiger partial charge in [-0.05, 0) is 34.1 Å². The van der Waals surface area contributed by atoms with Crippen LogP contribution >= 0.6 is 31.9 Å². The van der Waals surface area contributed by atoms with Gasteiger partial charge in [0.15, 0.2) is 0 Å². The molecular weight excluding hydrogens is 364 g/mol. The Hall–Kier alpha value is -1.47. The van der Waals surface area contributed by atoms with E-state index in [-0.39, 0.29) is 5.75 Å². The van der Waals surface area contributed by atoms with Crippen molar-refractivity contribution in [3.8, 4) is 5.75 Å². The van der Waals surface area contributed by atoms with E-state index < -0.39 is 0 Å². The van der Waals surface area contributed by atoms with Crippen molar-refractivity contribution in [3.63, 3.8) is 0 Å². The van der Waals surface area contributed by atoms with Crippen LogP contribution in [0.5, 0.6) is 5.75 Å². The minimum absolute atomic E-state index is 0.153. The fourth-order valence-corrected chi connectivity index (χ4v) is 1.74. The molecule has 5 nitrogen and oxygen atoms in total. The van der Waals surface area contributed by atoms with Gasteiger partial charge in [-0.1, -0.05) is 15.9 Å². The molecular formula is C11H8Br2N4O. The number of aromatic nitrogens is 2. The summed E-state index contributed by atoms with van der Waals surface area (Å²) >= 11 is 6.56. The first-order valence-corrected chi connectivity index (χ1v) is 6.49. The first-order chi connectivity index (χ1) is 8.65. The number of phenols is 1. The number of hydrogen-bond donors (Lipinski definition) is 2. The molecule has 18 heavy (non-hydrogen) atoms. The number of benzene rings is 1. The predicted molar refractivity (Wildman–Crippen MR) is 76.8 cm³/mol. The van der Waals surface area contributed by atoms with E-state index in [1.54, 1.807) is 30.6 Å². The van der Waals surface area contributed by atoms with Crippen LogP contribution < -0.4 is 5.43 Å². The van der Waals surface area contributed by atoms with E-state index in [0.29, 0.717) is 11.5 Å². The molecule has 1 aromatic heterocycles. The molecule has 1 aromatic carbocycles. The van der Waals surface area contributed by atoms with Gasteiger partial charge in [-0.25, -0.2) is 15.4 Å². The second-order valence-electron chi connectivity index (χ2n) is 3.30. The van der Waals surface area contributed by atoms with Gasteiger partial charge in [0.25, 0.3) is 0 Å². The summed E-state index contributed by atoms with van der Waals surface area (Å²) in [5.74, 6) is 0.532. The highest BCUT2D eigenvalue weighted by atomic mass is 79.9. The number of aromatic hydroxyl groups is 1. The summed E-state index contributed by atoms with van der Waals surface area (Å²) in [4.78, 5) is 7.99. The number of halogens is 2. The molecule has 0 saturated carbocycles. The Kier molecular flexibility index (Phi) is 4.27. The summed E-state index contributed by atoms with van der Waals surface area (Å²) < 4.78 is 1.66. The number of nitrogens with one attached hydrogen (secondary N) is 1. The lowest BCUT2D eigenvalue weighted by Crippen LogP contribution is -1.96. The fourth-order valence-electron chi connectivity index (χ4n) is 1.16. The molecule has 1 heterocycles. The molecule has 0 bridgehead atoms. The Bertz CT molecular complexity index is 572. The smallest absolute Gasteiger partial charge is 0.243 e. The fraction of sp³-hybridized carbons (Fsp3) is 0. The third kappa shape index (κ3) is 3.51. The second-order valence-corrected chi connectivity index (χ2v) is 5.13. The van der Waals surface area contributed by atoms with E-state index in [1.807, 2.05) is 0 Å². The molecule has 0 saturated heterocycles. The van der Waals surface area contributed by atoms with E-state index in [0.717, 1.165) is 8.95 Å². The van der Waals surface area contributed by atoms with Crippen molar-refractivity contribution in [3.05, 3.63) is 45.1 Å². The number of anilines is 1. The van der Waals surface area contributed by atoms with E-state index in [9.17, 15) is 5.11 Å². The van der Waals surface area contributed by atoms with Gasteiger partial charge in [-0.3, -0.25) is 0 Å². The summed E-state index contributed by atoms with van der Waals surface area (Å²) in [7, 11) is 0. The first-order valence-electron chi connectivity index (χ1n) is 4.90. The molecule has 0 fully saturated rings. The van der Waals surface area contributed by atoms with Crippen LogP contribution in [0.2, 0.25) is 0 Å². The second kappa shape index (κ2) is 5.92. The van der Waals surface area contributed by atoms with Gasteiger partial charge in [-0.15, -0.1) is 0 Å². The van der Waals surface area contributed by atoms with Crippen LogP contribution in [-0.2, 0) is 0 Å². The predicted octanol–water partition coefficient (Wildman–Crippen LogP) is 3.15. The zero-order chi connectivity index (χ0) is 13.0. The number of hydrogen-bond acceptors (Lipinski definition) is 5. The maximum atomic E-state index is 9.59. The maximum absolute atomic E-state index is 9.59. The molecule has 0 radical (unpaired) electrons. The van der Waals surface area contributed by atoms with Gasteiger partial charge in [0.2, 0.25) is 5.95 Å². The van der Waals surface area contributed by atoms with Crippen molar-refractivity contribution in [2.24, 2.45) is 5.10 Å². The molecule has 7 heteroatoms. The van der Waals surface area contributed by atoms with Crippen LogP contribution in [0.1, 0.15) is 5.56 Å². The van der Waals surface area contributed by atoms with E-state index in [1.165, 1.54) is 6.21 Å². The molecule has 0 aliphatic heterocycles. The first kappa shape index (κ1) is 13.0. The molecule has 0 unspecified atom stereocenters. The Morgan fingerprint density at radius 3 is 2.61 bits per heavy atom. The summed E-state index contributed by atoms with van der Waals surface area (Å²) in [6.45, 7) is 0. The minimum atomic E-state index is 0.153. The van der Waals surface area contributed by atoms with Gasteiger partial charge in [0, 0.05) is 22.4 Å². The normalized spacial score (nSPS) is 10.8. The number of rotatable bonds is 3. The SMILES string of the molecule is Oc1ccc(Br)cc1/C=N\Nc1ncc(Br)cn1. The van der Waals surface area contributed by atoms with Crippen molar-refractivity contribution in [2.75, 3.05) is 5.43 Å². The number of nitrogens with zero attached hydrogens (tertiary/aromatic N) is 3. The highest BCUT2D eigenvalue weighted by Crippen LogP contribution is 2.20. The standard InChI is InChI=1S/C11H8Br2N4O/c12-8-1-2-10(18)7(3-8)4-16-17-11-14-5-9(13)6-15-11/h1-6,18H,(H,14,15,17)/b16-4-. The van der Waals surface area contributed by atoms with Crippen LogP contribution in [0, 0.1) is 0 Å². The van der Waals surface area contributed by atoms with Crippen LogP contribution in [-0.4, -0.2) is 21.3 Å². The van der Waals surface area contributed by atoms with Crippen molar-refractivity contribution in [2.45, 2.75) is 0 Å². The van der Waals surface area contributed by atoms with Crippen molar-refractivity contribution >= 4 is 44.0 Å². The topological polar surface area (TPSA) is 70.4 Å². The molecule has 2 N–H and O–H groups in total. The Morgan fingerprint density at radius 2 is 1.89 bits per heavy atom. The van der Waals surface area contributed by atoms with Gasteiger partial charge in [0.05, 0.1) is 10.7 Å². The highest BCUT2D eigenvalue weighted by Gasteiger charge is 1.98. The molecule has 92 valence electrons. The monoisotopic (exact) mass is 370 g/mol. The lowest BCUT2D eigenvalue weighted by Gasteiger charge is -2.00. The Labute approximate surface area is 120 Å². The van der Waals surface area contributed by atoms with Gasteiger partial charge in [-0.2, -0.15) is 5.10 Å². The van der Waals surface area contributed by atoms with E-state index >= 15 is 0 Å². The van der Waals surface area contributed by atoms with Gasteiger partial charge < -0.3 is 5.11 Å². The molecule has 0 aliphatic rings. The summed E-state index contributed by atoms with van der Waals surface area (Å²) in [6, 6.07) is 5.09. The average Bonchev–Trinajstić information content (AvgIpc) is 2.36. The summed E-state index contributed by atoms with van der Waals surface area (Å²) in [5, 5.41) is 13.5. The molecule has 0 amide bonds. The third-order valence-electron chi connectivity index (χ3n) is 1.98. The van der Waals surface area contributed by atoms with Gasteiger partial charge in [0.1, 0.15) is 5.75 Å². The van der Waals surface area contributed by atoms with Crippen LogP contribution in [0.15, 0.2) is 44.6 Å². The van der Waals surface area contributed by atoms with Crippen molar-refractivity contribution in [1.82, 2.24) is 9.97 Å². The summed E-state index contributed by atoms with van der Waals surface area (Å²) in [6.07, 6.45) is 4.72. The zero-order valence-corrected chi connectivity index (χ0v) is 12.2. The van der Waals surface area contributed by atoms with Gasteiger partial charge >= 0.3 is 0 Å². The molecule has 0 atom stereocenters. The quantitative estimate of drug-likeness (QED) is 0.642. The lowest BCUT2D eigenvalue weighted by molar-refractivity contribution is 0.474. The maximum Gasteiger partial charge on any atom is 0.243 e. The number of hydrazone groups is 1. The molecule has 2 rings (SSSR count). The zero-order valence-electron chi connectivity index (χ0n) is 9.01. The Morgan fingerprint density at radius 1 is 1.17 bits per heavy atom. The largest absolute Gasteiger partial charge is 0.507 e. The van der Waals surface area contributed by atoms with Crippen LogP contribution in [0.3, 0.4) is 0 Å². The molecule has 2 aromatic rings. The minimum Gasteiger partial charge on any atom is -0.507 e. The number of phenolic OH excluding ortho intramolecular Hbond substituents is 1. The van der Waals surface area contributed by atoms with E-state index in [2.05, 4.69) is 52.4 Å². The van der Waals surface area contributed by atoms with Crippen molar-refractivity contribution in [1.29, 1.82) is 0 Å². The van der Waals surface area contributed by atoms with Crippen LogP contribution in [0.25, 0.3) is 0 Å². The molecule has 0 spiro atoms. The highest BCUT2D eigenvalue weighted by molar-refractivity contribution is 9.10. The summed E-state index contributed by atoms with van der Waals surface area (Å²) in [5.41, 5.74) is 3.26. The Balaban J connectivity index is 2.07. The van der Waals surface area contributed by atoms with Crippen LogP contribution in [0.4, 0.5) is 5.95 Å². The third-order valence-corrected chi connectivity index (χ3v) is 2.88. The molecule has 0 aliphatic carbocycles.